The molecule has 0 aliphatic rings. The molecule has 7 heteroatoms. The Morgan fingerprint density at radius 1 is 0.700 bits per heavy atom. The van der Waals surface area contributed by atoms with Gasteiger partial charge in [0.2, 0.25) is 11.8 Å². The number of hydrogen-bond acceptors (Lipinski definition) is 2. The molecule has 3 aromatic rings. The first-order valence-electron chi connectivity index (χ1n) is 9.22. The van der Waals surface area contributed by atoms with Crippen LogP contribution < -0.4 is 10.6 Å². The number of rotatable bonds is 7. The van der Waals surface area contributed by atoms with Gasteiger partial charge in [-0.05, 0) is 53.1 Å². The fourth-order valence-corrected chi connectivity index (χ4v) is 3.11. The summed E-state index contributed by atoms with van der Waals surface area (Å²) in [6.45, 7) is 0. The molecule has 3 aromatic carbocycles. The van der Waals surface area contributed by atoms with E-state index in [-0.39, 0.29) is 24.7 Å². The fraction of sp³-hybridized carbons (Fsp3) is 0.130. The Labute approximate surface area is 184 Å². The number of carbonyl (C=O) groups excluding carboxylic acids is 2. The van der Waals surface area contributed by atoms with E-state index in [1.807, 2.05) is 0 Å². The van der Waals surface area contributed by atoms with Gasteiger partial charge >= 0.3 is 0 Å². The van der Waals surface area contributed by atoms with E-state index in [4.69, 9.17) is 23.2 Å². The standard InChI is InChI=1S/C23H19Cl2FN2O2/c24-18-7-1-15(2-8-18)13-21(29)27-23(17-5-11-20(26)12-6-17)28-22(30)14-16-3-9-19(25)10-4-16/h1-12,23H,13-14H2,(H,27,29)(H,28,30). The quantitative estimate of drug-likeness (QED) is 0.511. The van der Waals surface area contributed by atoms with Crippen LogP contribution in [0.4, 0.5) is 4.39 Å². The summed E-state index contributed by atoms with van der Waals surface area (Å²) >= 11 is 11.7. The molecule has 4 nitrogen and oxygen atoms in total. The molecular weight excluding hydrogens is 426 g/mol. The van der Waals surface area contributed by atoms with Crippen molar-refractivity contribution in [1.29, 1.82) is 0 Å². The number of amides is 2. The molecule has 0 bridgehead atoms. The number of carbonyl (C=O) groups is 2. The normalized spacial score (nSPS) is 10.7. The van der Waals surface area contributed by atoms with Crippen molar-refractivity contribution in [1.82, 2.24) is 10.6 Å². The molecule has 2 amide bonds. The minimum Gasteiger partial charge on any atom is -0.332 e. The SMILES string of the molecule is O=C(Cc1ccc(Cl)cc1)NC(NC(=O)Cc1ccc(Cl)cc1)c1ccc(F)cc1. The molecule has 0 aliphatic carbocycles. The van der Waals surface area contributed by atoms with E-state index in [9.17, 15) is 14.0 Å². The minimum atomic E-state index is -0.801. The number of halogens is 3. The summed E-state index contributed by atoms with van der Waals surface area (Å²) in [6.07, 6.45) is -0.575. The fourth-order valence-electron chi connectivity index (χ4n) is 2.86. The van der Waals surface area contributed by atoms with Crippen LogP contribution in [0.15, 0.2) is 72.8 Å². The van der Waals surface area contributed by atoms with Gasteiger partial charge in [0.05, 0.1) is 12.8 Å². The topological polar surface area (TPSA) is 58.2 Å². The lowest BCUT2D eigenvalue weighted by atomic mass is 10.1. The van der Waals surface area contributed by atoms with E-state index in [1.54, 1.807) is 48.5 Å². The molecule has 0 spiro atoms. The Balaban J connectivity index is 1.70. The van der Waals surface area contributed by atoms with E-state index in [2.05, 4.69) is 10.6 Å². The van der Waals surface area contributed by atoms with E-state index >= 15 is 0 Å². The molecule has 0 atom stereocenters. The van der Waals surface area contributed by atoms with Crippen LogP contribution >= 0.6 is 23.2 Å². The van der Waals surface area contributed by atoms with Crippen molar-refractivity contribution in [2.75, 3.05) is 0 Å². The summed E-state index contributed by atoms with van der Waals surface area (Å²) in [5, 5.41) is 6.75. The Morgan fingerprint density at radius 2 is 1.10 bits per heavy atom. The summed E-state index contributed by atoms with van der Waals surface area (Å²) in [4.78, 5) is 25.1. The van der Waals surface area contributed by atoms with Crippen LogP contribution in [0.25, 0.3) is 0 Å². The zero-order chi connectivity index (χ0) is 21.5. The van der Waals surface area contributed by atoms with Crippen molar-refractivity contribution < 1.29 is 14.0 Å². The van der Waals surface area contributed by atoms with Crippen LogP contribution in [-0.4, -0.2) is 11.8 Å². The molecule has 0 fully saturated rings. The largest absolute Gasteiger partial charge is 0.332 e. The lowest BCUT2D eigenvalue weighted by Gasteiger charge is -2.21. The van der Waals surface area contributed by atoms with Gasteiger partial charge in [0.25, 0.3) is 0 Å². The Kier molecular flexibility index (Phi) is 7.44. The van der Waals surface area contributed by atoms with Gasteiger partial charge in [-0.15, -0.1) is 0 Å². The van der Waals surface area contributed by atoms with Gasteiger partial charge in [0, 0.05) is 10.0 Å². The molecule has 154 valence electrons. The summed E-state index contributed by atoms with van der Waals surface area (Å²) in [7, 11) is 0. The molecular formula is C23H19Cl2FN2O2. The Morgan fingerprint density at radius 3 is 1.50 bits per heavy atom. The first-order chi connectivity index (χ1) is 14.4. The summed E-state index contributed by atoms with van der Waals surface area (Å²) in [5.41, 5.74) is 2.12. The number of benzene rings is 3. The van der Waals surface area contributed by atoms with Crippen LogP contribution in [0.1, 0.15) is 22.9 Å². The zero-order valence-corrected chi connectivity index (χ0v) is 17.4. The monoisotopic (exact) mass is 444 g/mol. The van der Waals surface area contributed by atoms with Gasteiger partial charge in [-0.1, -0.05) is 59.6 Å². The lowest BCUT2D eigenvalue weighted by Crippen LogP contribution is -2.42. The molecule has 0 aromatic heterocycles. The minimum absolute atomic E-state index is 0.113. The predicted octanol–water partition coefficient (Wildman–Crippen LogP) is 4.85. The molecule has 2 N–H and O–H groups in total. The third-order valence-electron chi connectivity index (χ3n) is 4.37. The van der Waals surface area contributed by atoms with Crippen molar-refractivity contribution in [3.63, 3.8) is 0 Å². The molecule has 0 heterocycles. The van der Waals surface area contributed by atoms with Crippen molar-refractivity contribution in [2.24, 2.45) is 0 Å². The third kappa shape index (κ3) is 6.58. The number of hydrogen-bond donors (Lipinski definition) is 2. The molecule has 0 radical (unpaired) electrons. The Bertz CT molecular complexity index is 945. The van der Waals surface area contributed by atoms with Gasteiger partial charge < -0.3 is 10.6 Å². The van der Waals surface area contributed by atoms with Gasteiger partial charge in [0.1, 0.15) is 12.0 Å². The van der Waals surface area contributed by atoms with Crippen molar-refractivity contribution in [2.45, 2.75) is 19.0 Å². The molecule has 0 saturated carbocycles. The second kappa shape index (κ2) is 10.2. The van der Waals surface area contributed by atoms with Gasteiger partial charge in [0.15, 0.2) is 0 Å². The van der Waals surface area contributed by atoms with Crippen LogP contribution in [0.2, 0.25) is 10.0 Å². The first-order valence-corrected chi connectivity index (χ1v) is 9.98. The van der Waals surface area contributed by atoms with Crippen LogP contribution in [-0.2, 0) is 22.4 Å². The summed E-state index contributed by atoms with van der Waals surface area (Å²) < 4.78 is 13.3. The van der Waals surface area contributed by atoms with Crippen LogP contribution in [0.5, 0.6) is 0 Å². The molecule has 0 saturated heterocycles. The maximum absolute atomic E-state index is 13.3. The second-order valence-corrected chi connectivity index (χ2v) is 7.60. The lowest BCUT2D eigenvalue weighted by molar-refractivity contribution is -0.123. The number of nitrogens with one attached hydrogen (secondary N) is 2. The van der Waals surface area contributed by atoms with Crippen molar-refractivity contribution in [3.05, 3.63) is 105 Å². The maximum Gasteiger partial charge on any atom is 0.226 e. The van der Waals surface area contributed by atoms with E-state index in [1.165, 1.54) is 24.3 Å². The van der Waals surface area contributed by atoms with Crippen molar-refractivity contribution >= 4 is 35.0 Å². The average molecular weight is 445 g/mol. The van der Waals surface area contributed by atoms with Crippen molar-refractivity contribution in [3.8, 4) is 0 Å². The third-order valence-corrected chi connectivity index (χ3v) is 4.87. The van der Waals surface area contributed by atoms with Gasteiger partial charge in [-0.25, -0.2) is 4.39 Å². The van der Waals surface area contributed by atoms with E-state index in [0.29, 0.717) is 15.6 Å². The van der Waals surface area contributed by atoms with Crippen LogP contribution in [0.3, 0.4) is 0 Å². The highest BCUT2D eigenvalue weighted by atomic mass is 35.5. The zero-order valence-electron chi connectivity index (χ0n) is 15.9. The highest BCUT2D eigenvalue weighted by Gasteiger charge is 2.18. The summed E-state index contributed by atoms with van der Waals surface area (Å²) in [6, 6.07) is 19.4. The van der Waals surface area contributed by atoms with E-state index < -0.39 is 12.0 Å². The predicted molar refractivity (Wildman–Crippen MR) is 116 cm³/mol. The van der Waals surface area contributed by atoms with Crippen LogP contribution in [0, 0.1) is 5.82 Å². The first kappa shape index (κ1) is 21.8. The Hall–Kier alpha value is -2.89. The van der Waals surface area contributed by atoms with Gasteiger partial charge in [-0.2, -0.15) is 0 Å². The molecule has 0 aliphatic heterocycles. The average Bonchev–Trinajstić information content (AvgIpc) is 2.71. The molecule has 0 unspecified atom stereocenters. The molecule has 3 rings (SSSR count). The van der Waals surface area contributed by atoms with Gasteiger partial charge in [-0.3, -0.25) is 9.59 Å². The maximum atomic E-state index is 13.3. The summed E-state index contributed by atoms with van der Waals surface area (Å²) in [5.74, 6) is -0.991. The van der Waals surface area contributed by atoms with E-state index in [0.717, 1.165) is 11.1 Å². The highest BCUT2D eigenvalue weighted by Crippen LogP contribution is 2.15. The second-order valence-electron chi connectivity index (χ2n) is 6.73. The highest BCUT2D eigenvalue weighted by molar-refractivity contribution is 6.30. The molecule has 30 heavy (non-hydrogen) atoms. The smallest absolute Gasteiger partial charge is 0.226 e.